The van der Waals surface area contributed by atoms with Crippen LogP contribution in [0.25, 0.3) is 0 Å². The van der Waals surface area contributed by atoms with E-state index in [4.69, 9.17) is 5.11 Å². The van der Waals surface area contributed by atoms with Crippen LogP contribution < -0.4 is 5.32 Å². The molecule has 0 spiro atoms. The highest BCUT2D eigenvalue weighted by Gasteiger charge is 2.28. The van der Waals surface area contributed by atoms with Crippen LogP contribution in [0.1, 0.15) is 12.1 Å². The van der Waals surface area contributed by atoms with Gasteiger partial charge in [-0.2, -0.15) is 22.0 Å². The van der Waals surface area contributed by atoms with E-state index in [-0.39, 0.29) is 25.0 Å². The summed E-state index contributed by atoms with van der Waals surface area (Å²) in [5, 5.41) is 19.3. The molecule has 1 aliphatic rings. The van der Waals surface area contributed by atoms with Gasteiger partial charge in [0, 0.05) is 24.2 Å². The summed E-state index contributed by atoms with van der Waals surface area (Å²) < 4.78 is 0. The van der Waals surface area contributed by atoms with Crippen LogP contribution >= 0.6 is 11.8 Å². The van der Waals surface area contributed by atoms with Crippen molar-refractivity contribution in [2.45, 2.75) is 19.0 Å². The average molecular weight is 296 g/mol. The van der Waals surface area contributed by atoms with Crippen LogP contribution in [0.4, 0.5) is 4.79 Å². The van der Waals surface area contributed by atoms with E-state index in [0.29, 0.717) is 18.0 Å². The van der Waals surface area contributed by atoms with Crippen molar-refractivity contribution >= 4 is 23.8 Å². The number of hydrogen-bond acceptors (Lipinski definition) is 5. The van der Waals surface area contributed by atoms with E-state index in [1.165, 1.54) is 0 Å². The number of hydrogen-bond donors (Lipinski definition) is 2. The lowest BCUT2D eigenvalue weighted by molar-refractivity contribution is -0.138. The smallest absolute Gasteiger partial charge is 0.318 e. The van der Waals surface area contributed by atoms with Gasteiger partial charge in [-0.05, 0) is 12.1 Å². The summed E-state index contributed by atoms with van der Waals surface area (Å²) in [6.45, 7) is 0.852. The van der Waals surface area contributed by atoms with Crippen molar-refractivity contribution in [3.05, 3.63) is 24.0 Å². The number of amides is 2. The maximum Gasteiger partial charge on any atom is 0.318 e. The molecule has 1 atom stereocenters. The molecule has 8 heteroatoms. The van der Waals surface area contributed by atoms with Crippen LogP contribution in [-0.2, 0) is 11.3 Å². The third-order valence-corrected chi connectivity index (χ3v) is 4.04. The minimum Gasteiger partial charge on any atom is -0.481 e. The van der Waals surface area contributed by atoms with Gasteiger partial charge in [-0.3, -0.25) is 4.79 Å². The van der Waals surface area contributed by atoms with E-state index in [1.54, 1.807) is 35.0 Å². The number of nitrogens with one attached hydrogen (secondary N) is 1. The Morgan fingerprint density at radius 3 is 3.10 bits per heavy atom. The maximum absolute atomic E-state index is 12.1. The highest BCUT2D eigenvalue weighted by atomic mass is 32.2. The number of thioether (sulfide) groups is 1. The van der Waals surface area contributed by atoms with Crippen LogP contribution in [0.3, 0.4) is 0 Å². The number of carbonyl (C=O) groups is 2. The van der Waals surface area contributed by atoms with Gasteiger partial charge in [0.15, 0.2) is 0 Å². The Balaban J connectivity index is 1.90. The minimum atomic E-state index is -0.885. The lowest BCUT2D eigenvalue weighted by atomic mass is 10.2. The molecule has 1 saturated heterocycles. The molecule has 2 amide bonds. The Morgan fingerprint density at radius 1 is 1.55 bits per heavy atom. The number of rotatable bonds is 4. The van der Waals surface area contributed by atoms with Crippen molar-refractivity contribution in [2.75, 3.05) is 18.1 Å². The molecule has 1 aliphatic heterocycles. The van der Waals surface area contributed by atoms with Crippen LogP contribution in [0.2, 0.25) is 0 Å². The number of nitrogens with zero attached hydrogens (tertiary/aromatic N) is 3. The molecule has 1 fully saturated rings. The maximum atomic E-state index is 12.1. The van der Waals surface area contributed by atoms with Crippen molar-refractivity contribution in [3.8, 4) is 0 Å². The molecule has 7 nitrogen and oxygen atoms in total. The van der Waals surface area contributed by atoms with Gasteiger partial charge in [0.1, 0.15) is 0 Å². The highest BCUT2D eigenvalue weighted by Crippen LogP contribution is 2.19. The summed E-state index contributed by atoms with van der Waals surface area (Å²) >= 11 is 1.67. The zero-order chi connectivity index (χ0) is 14.4. The number of urea groups is 1. The summed E-state index contributed by atoms with van der Waals surface area (Å²) in [6, 6.07) is 3.02. The number of aromatic nitrogens is 2. The third kappa shape index (κ3) is 4.09. The normalized spacial score (nSPS) is 18.6. The Hall–Kier alpha value is -1.83. The van der Waals surface area contributed by atoms with Gasteiger partial charge in [-0.15, -0.1) is 0 Å². The summed E-state index contributed by atoms with van der Waals surface area (Å²) in [5.74, 6) is 0.601. The average Bonchev–Trinajstić information content (AvgIpc) is 2.46. The Bertz CT molecular complexity index is 471. The molecule has 1 aromatic heterocycles. The lowest BCUT2D eigenvalue weighted by Gasteiger charge is -2.34. The van der Waals surface area contributed by atoms with Crippen LogP contribution in [0.15, 0.2) is 18.3 Å². The van der Waals surface area contributed by atoms with Gasteiger partial charge < -0.3 is 15.3 Å². The topological polar surface area (TPSA) is 95.4 Å². The third-order valence-electron chi connectivity index (χ3n) is 2.95. The second kappa shape index (κ2) is 7.09. The van der Waals surface area contributed by atoms with E-state index in [0.717, 1.165) is 5.75 Å². The SMILES string of the molecule is O=C(O)CC1CSCCN1C(=O)NCc1cccnn1. The van der Waals surface area contributed by atoms with Gasteiger partial charge in [-0.1, -0.05) is 0 Å². The van der Waals surface area contributed by atoms with E-state index < -0.39 is 5.97 Å². The predicted molar refractivity (Wildman–Crippen MR) is 74.3 cm³/mol. The number of carbonyl (C=O) groups excluding carboxylic acids is 1. The Kier molecular flexibility index (Phi) is 5.16. The molecule has 0 bridgehead atoms. The molecule has 2 rings (SSSR count). The first-order valence-corrected chi connectivity index (χ1v) is 7.43. The first kappa shape index (κ1) is 14.6. The molecule has 0 saturated carbocycles. The van der Waals surface area contributed by atoms with E-state index >= 15 is 0 Å². The van der Waals surface area contributed by atoms with Crippen LogP contribution in [-0.4, -0.2) is 56.3 Å². The molecule has 2 N–H and O–H groups in total. The Morgan fingerprint density at radius 2 is 2.40 bits per heavy atom. The van der Waals surface area contributed by atoms with Gasteiger partial charge in [0.2, 0.25) is 0 Å². The fraction of sp³-hybridized carbons (Fsp3) is 0.500. The van der Waals surface area contributed by atoms with Gasteiger partial charge in [0.05, 0.1) is 24.7 Å². The van der Waals surface area contributed by atoms with Crippen molar-refractivity contribution in [3.63, 3.8) is 0 Å². The lowest BCUT2D eigenvalue weighted by Crippen LogP contribution is -2.51. The second-order valence-electron chi connectivity index (χ2n) is 4.39. The number of carboxylic acid groups (broad SMARTS) is 1. The molecular weight excluding hydrogens is 280 g/mol. The van der Waals surface area contributed by atoms with E-state index in [1.807, 2.05) is 0 Å². The fourth-order valence-electron chi connectivity index (χ4n) is 1.99. The standard InChI is InChI=1S/C12H16N4O3S/c17-11(18)6-10-8-20-5-4-16(10)12(19)13-7-9-2-1-3-14-15-9/h1-3,10H,4-8H2,(H,13,19)(H,17,18). The van der Waals surface area contributed by atoms with Crippen molar-refractivity contribution < 1.29 is 14.7 Å². The molecule has 1 aromatic rings. The van der Waals surface area contributed by atoms with Crippen LogP contribution in [0.5, 0.6) is 0 Å². The predicted octanol–water partition coefficient (Wildman–Crippen LogP) is 0.578. The zero-order valence-corrected chi connectivity index (χ0v) is 11.7. The molecule has 0 aromatic carbocycles. The van der Waals surface area contributed by atoms with Crippen molar-refractivity contribution in [1.82, 2.24) is 20.4 Å². The second-order valence-corrected chi connectivity index (χ2v) is 5.54. The molecule has 1 unspecified atom stereocenters. The molecule has 2 heterocycles. The number of carboxylic acids is 1. The van der Waals surface area contributed by atoms with Crippen LogP contribution in [0, 0.1) is 0 Å². The van der Waals surface area contributed by atoms with Crippen molar-refractivity contribution in [2.24, 2.45) is 0 Å². The molecule has 0 aliphatic carbocycles. The quantitative estimate of drug-likeness (QED) is 0.844. The zero-order valence-electron chi connectivity index (χ0n) is 10.9. The molecule has 0 radical (unpaired) electrons. The van der Waals surface area contributed by atoms with Gasteiger partial charge >= 0.3 is 12.0 Å². The molecule has 108 valence electrons. The fourth-order valence-corrected chi connectivity index (χ4v) is 3.05. The van der Waals surface area contributed by atoms with E-state index in [2.05, 4.69) is 15.5 Å². The first-order chi connectivity index (χ1) is 9.66. The summed E-state index contributed by atoms with van der Waals surface area (Å²) in [6.07, 6.45) is 1.54. The van der Waals surface area contributed by atoms with E-state index in [9.17, 15) is 9.59 Å². The summed E-state index contributed by atoms with van der Waals surface area (Å²) in [5.41, 5.74) is 0.669. The Labute approximate surface area is 120 Å². The minimum absolute atomic E-state index is 0.0223. The summed E-state index contributed by atoms with van der Waals surface area (Å²) in [7, 11) is 0. The van der Waals surface area contributed by atoms with Crippen molar-refractivity contribution in [1.29, 1.82) is 0 Å². The molecule has 20 heavy (non-hydrogen) atoms. The monoisotopic (exact) mass is 296 g/mol. The largest absolute Gasteiger partial charge is 0.481 e. The summed E-state index contributed by atoms with van der Waals surface area (Å²) in [4.78, 5) is 24.6. The van der Waals surface area contributed by atoms with Gasteiger partial charge in [-0.25, -0.2) is 4.79 Å². The number of aliphatic carboxylic acids is 1. The highest BCUT2D eigenvalue weighted by molar-refractivity contribution is 7.99. The first-order valence-electron chi connectivity index (χ1n) is 6.27. The molecular formula is C12H16N4O3S. The van der Waals surface area contributed by atoms with Gasteiger partial charge in [0.25, 0.3) is 0 Å².